The van der Waals surface area contributed by atoms with Gasteiger partial charge in [0.2, 0.25) is 5.91 Å². The van der Waals surface area contributed by atoms with Crippen LogP contribution in [0.15, 0.2) is 121 Å². The maximum Gasteiger partial charge on any atom is 0.273 e. The van der Waals surface area contributed by atoms with Gasteiger partial charge in [-0.05, 0) is 34.4 Å². The lowest BCUT2D eigenvalue weighted by Gasteiger charge is -2.49. The smallest absolute Gasteiger partial charge is 0.273 e. The molecule has 0 bridgehead atoms. The Morgan fingerprint density at radius 3 is 1.68 bits per heavy atom. The van der Waals surface area contributed by atoms with E-state index < -0.39 is 11.6 Å². The molecule has 1 amide bonds. The number of benzene rings is 4. The van der Waals surface area contributed by atoms with Crippen molar-refractivity contribution in [2.45, 2.75) is 31.1 Å². The molecule has 0 aliphatic carbocycles. The minimum atomic E-state index is -0.733. The van der Waals surface area contributed by atoms with Crippen molar-refractivity contribution in [3.8, 4) is 0 Å². The Balaban J connectivity index is 1.33. The highest BCUT2D eigenvalue weighted by atomic mass is 16.2. The molecule has 2 unspecified atom stereocenters. The Hall–Kier alpha value is -4.62. The molecule has 7 heteroatoms. The monoisotopic (exact) mass is 500 g/mol. The van der Waals surface area contributed by atoms with Crippen LogP contribution in [0.2, 0.25) is 0 Å². The maximum absolute atomic E-state index is 13.7. The van der Waals surface area contributed by atoms with Crippen LogP contribution in [0.25, 0.3) is 0 Å². The standard InChI is InChI=1S/C31H28N6O/c1-23-28(29(38)37(23)30-33-35-36(34-30)22-24-14-6-2-7-15-24)32-31(25-16-8-3-9-17-25,26-18-10-4-11-19-26)27-20-12-5-13-21-27/h2-21,23,28,32H,22H2,1H3. The summed E-state index contributed by atoms with van der Waals surface area (Å²) in [5, 5.41) is 16.7. The highest BCUT2D eigenvalue weighted by Gasteiger charge is 2.51. The van der Waals surface area contributed by atoms with Gasteiger partial charge in [-0.15, -0.1) is 5.10 Å². The third kappa shape index (κ3) is 4.17. The van der Waals surface area contributed by atoms with E-state index in [4.69, 9.17) is 0 Å². The van der Waals surface area contributed by atoms with Gasteiger partial charge in [0.1, 0.15) is 6.04 Å². The topological polar surface area (TPSA) is 75.9 Å². The molecule has 1 aromatic heterocycles. The Morgan fingerprint density at radius 1 is 0.737 bits per heavy atom. The van der Waals surface area contributed by atoms with Gasteiger partial charge in [-0.1, -0.05) is 126 Å². The van der Waals surface area contributed by atoms with Gasteiger partial charge in [-0.2, -0.15) is 4.80 Å². The first kappa shape index (κ1) is 23.8. The molecule has 1 aliphatic rings. The SMILES string of the molecule is CC1C(NC(c2ccccc2)(c2ccccc2)c2ccccc2)C(=O)N1c1nnn(Cc2ccccc2)n1. The van der Waals surface area contributed by atoms with Gasteiger partial charge >= 0.3 is 0 Å². The van der Waals surface area contributed by atoms with Crippen molar-refractivity contribution in [3.05, 3.63) is 144 Å². The van der Waals surface area contributed by atoms with Crippen LogP contribution in [0.4, 0.5) is 5.95 Å². The number of carbonyl (C=O) groups is 1. The molecule has 0 saturated carbocycles. The Bertz CT molecular complexity index is 1410. The maximum atomic E-state index is 13.7. The summed E-state index contributed by atoms with van der Waals surface area (Å²) < 4.78 is 0. The fourth-order valence-electron chi connectivity index (χ4n) is 5.28. The number of rotatable bonds is 8. The summed E-state index contributed by atoms with van der Waals surface area (Å²) >= 11 is 0. The molecule has 188 valence electrons. The number of hydrogen-bond acceptors (Lipinski definition) is 5. The van der Waals surface area contributed by atoms with Gasteiger partial charge in [0.15, 0.2) is 0 Å². The van der Waals surface area contributed by atoms with Crippen LogP contribution >= 0.6 is 0 Å². The second-order valence-electron chi connectivity index (χ2n) is 9.52. The molecule has 1 N–H and O–H groups in total. The molecule has 5 aromatic rings. The molecule has 0 spiro atoms. The molecule has 1 fully saturated rings. The van der Waals surface area contributed by atoms with Gasteiger partial charge in [0, 0.05) is 0 Å². The summed E-state index contributed by atoms with van der Waals surface area (Å²) in [5.41, 5.74) is 3.51. The third-order valence-electron chi connectivity index (χ3n) is 7.21. The van der Waals surface area contributed by atoms with Crippen LogP contribution in [0, 0.1) is 0 Å². The summed E-state index contributed by atoms with van der Waals surface area (Å²) in [4.78, 5) is 16.8. The van der Waals surface area contributed by atoms with Crippen LogP contribution in [-0.4, -0.2) is 38.2 Å². The van der Waals surface area contributed by atoms with E-state index in [9.17, 15) is 4.79 Å². The van der Waals surface area contributed by atoms with Crippen LogP contribution in [-0.2, 0) is 16.9 Å². The first-order chi connectivity index (χ1) is 18.7. The summed E-state index contributed by atoms with van der Waals surface area (Å²) in [6, 6.07) is 40.2. The van der Waals surface area contributed by atoms with Crippen LogP contribution in [0.1, 0.15) is 29.2 Å². The van der Waals surface area contributed by atoms with Gasteiger partial charge in [-0.3, -0.25) is 15.0 Å². The van der Waals surface area contributed by atoms with Crippen molar-refractivity contribution in [3.63, 3.8) is 0 Å². The molecule has 2 atom stereocenters. The number of β-lactam (4-membered cyclic amide) rings is 1. The minimum Gasteiger partial charge on any atom is -0.287 e. The van der Waals surface area contributed by atoms with E-state index in [0.29, 0.717) is 12.5 Å². The lowest BCUT2D eigenvalue weighted by atomic mass is 9.75. The molecule has 38 heavy (non-hydrogen) atoms. The summed E-state index contributed by atoms with van der Waals surface area (Å²) in [5.74, 6) is 0.241. The van der Waals surface area contributed by atoms with Crippen molar-refractivity contribution in [2.24, 2.45) is 0 Å². The van der Waals surface area contributed by atoms with Crippen molar-refractivity contribution >= 4 is 11.9 Å². The summed E-state index contributed by atoms with van der Waals surface area (Å²) in [6.45, 7) is 2.51. The predicted octanol–water partition coefficient (Wildman–Crippen LogP) is 4.41. The molecule has 7 nitrogen and oxygen atoms in total. The number of aromatic nitrogens is 4. The zero-order chi connectivity index (χ0) is 26.0. The Labute approximate surface area is 221 Å². The average Bonchev–Trinajstić information content (AvgIpc) is 3.43. The molecular weight excluding hydrogens is 472 g/mol. The lowest BCUT2D eigenvalue weighted by Crippen LogP contribution is -2.72. The van der Waals surface area contributed by atoms with Gasteiger partial charge in [0.25, 0.3) is 5.95 Å². The second-order valence-corrected chi connectivity index (χ2v) is 9.52. The zero-order valence-corrected chi connectivity index (χ0v) is 21.1. The Kier molecular flexibility index (Phi) is 6.27. The first-order valence-electron chi connectivity index (χ1n) is 12.8. The number of carbonyl (C=O) groups excluding carboxylic acids is 1. The molecular formula is C31H28N6O. The van der Waals surface area contributed by atoms with Gasteiger partial charge in [-0.25, -0.2) is 0 Å². The zero-order valence-electron chi connectivity index (χ0n) is 21.1. The average molecular weight is 501 g/mol. The van der Waals surface area contributed by atoms with Gasteiger partial charge in [0.05, 0.1) is 18.1 Å². The fourth-order valence-corrected chi connectivity index (χ4v) is 5.28. The van der Waals surface area contributed by atoms with E-state index >= 15 is 0 Å². The predicted molar refractivity (Wildman–Crippen MR) is 146 cm³/mol. The van der Waals surface area contributed by atoms with Crippen molar-refractivity contribution < 1.29 is 4.79 Å². The number of nitrogens with one attached hydrogen (secondary N) is 1. The van der Waals surface area contributed by atoms with E-state index in [-0.39, 0.29) is 11.9 Å². The molecule has 0 radical (unpaired) electrons. The number of amides is 1. The Morgan fingerprint density at radius 2 is 1.21 bits per heavy atom. The first-order valence-corrected chi connectivity index (χ1v) is 12.8. The third-order valence-corrected chi connectivity index (χ3v) is 7.21. The van der Waals surface area contributed by atoms with E-state index in [1.54, 1.807) is 4.90 Å². The van der Waals surface area contributed by atoms with Crippen LogP contribution in [0.5, 0.6) is 0 Å². The van der Waals surface area contributed by atoms with E-state index in [0.717, 1.165) is 22.3 Å². The number of anilines is 1. The molecule has 1 saturated heterocycles. The van der Waals surface area contributed by atoms with Crippen molar-refractivity contribution in [1.82, 2.24) is 25.5 Å². The summed E-state index contributed by atoms with van der Waals surface area (Å²) in [6.07, 6.45) is 0. The van der Waals surface area contributed by atoms with E-state index in [2.05, 4.69) is 57.1 Å². The number of nitrogens with zero attached hydrogens (tertiary/aromatic N) is 5. The van der Waals surface area contributed by atoms with Crippen LogP contribution < -0.4 is 10.2 Å². The number of tetrazole rings is 1. The molecule has 2 heterocycles. The summed E-state index contributed by atoms with van der Waals surface area (Å²) in [7, 11) is 0. The van der Waals surface area contributed by atoms with E-state index in [1.165, 1.54) is 4.80 Å². The number of hydrogen-bond donors (Lipinski definition) is 1. The van der Waals surface area contributed by atoms with Gasteiger partial charge < -0.3 is 0 Å². The normalized spacial score (nSPS) is 17.3. The second kappa shape index (κ2) is 10.0. The minimum absolute atomic E-state index is 0.0797. The molecule has 4 aromatic carbocycles. The van der Waals surface area contributed by atoms with Crippen LogP contribution in [0.3, 0.4) is 0 Å². The quantitative estimate of drug-likeness (QED) is 0.252. The van der Waals surface area contributed by atoms with E-state index in [1.807, 2.05) is 91.9 Å². The highest BCUT2D eigenvalue weighted by Crippen LogP contribution is 2.39. The van der Waals surface area contributed by atoms with Crippen molar-refractivity contribution in [1.29, 1.82) is 0 Å². The molecule has 1 aliphatic heterocycles. The van der Waals surface area contributed by atoms with Crippen molar-refractivity contribution in [2.75, 3.05) is 4.90 Å². The fraction of sp³-hybridized carbons (Fsp3) is 0.161. The lowest BCUT2D eigenvalue weighted by molar-refractivity contribution is -0.127. The highest BCUT2D eigenvalue weighted by molar-refractivity contribution is 6.04. The molecule has 6 rings (SSSR count). The largest absolute Gasteiger partial charge is 0.287 e.